The largest absolute Gasteiger partial charge is 0.481 e. The number of carbonyl (C=O) groups is 1. The van der Waals surface area contributed by atoms with Gasteiger partial charge in [-0.1, -0.05) is 30.4 Å². The molecular weight excluding hydrogens is 314 g/mol. The van der Waals surface area contributed by atoms with Crippen molar-refractivity contribution in [2.24, 2.45) is 11.1 Å². The van der Waals surface area contributed by atoms with Crippen LogP contribution >= 0.6 is 0 Å². The number of pyridine rings is 1. The van der Waals surface area contributed by atoms with E-state index in [0.29, 0.717) is 31.4 Å². The molecule has 2 aromatic rings. The van der Waals surface area contributed by atoms with Crippen LogP contribution < -0.4 is 5.73 Å². The molecule has 4 N–H and O–H groups in total. The molecule has 3 rings (SSSR count). The van der Waals surface area contributed by atoms with E-state index in [0.717, 1.165) is 22.2 Å². The highest BCUT2D eigenvalue weighted by atomic mass is 16.4. The van der Waals surface area contributed by atoms with E-state index >= 15 is 0 Å². The molecule has 1 aliphatic carbocycles. The molecule has 0 amide bonds. The highest BCUT2D eigenvalue weighted by molar-refractivity contribution is 5.87. The average molecular weight is 337 g/mol. The third-order valence-corrected chi connectivity index (χ3v) is 4.97. The van der Waals surface area contributed by atoms with Gasteiger partial charge < -0.3 is 16.2 Å². The number of nitrogens with two attached hydrogens (primary N) is 1. The fourth-order valence-electron chi connectivity index (χ4n) is 3.21. The van der Waals surface area contributed by atoms with Gasteiger partial charge in [0.2, 0.25) is 0 Å². The van der Waals surface area contributed by atoms with E-state index in [2.05, 4.69) is 4.98 Å². The Morgan fingerprint density at radius 1 is 1.32 bits per heavy atom. The molecule has 1 fully saturated rings. The Hall–Kier alpha value is -2.53. The summed E-state index contributed by atoms with van der Waals surface area (Å²) in [5.41, 5.74) is 8.28. The molecule has 5 heteroatoms. The summed E-state index contributed by atoms with van der Waals surface area (Å²) >= 11 is 0. The smallest absolute Gasteiger partial charge is 0.313 e. The van der Waals surface area contributed by atoms with Crippen molar-refractivity contribution in [3.63, 3.8) is 0 Å². The molecule has 1 atom stereocenters. The van der Waals surface area contributed by atoms with Crippen molar-refractivity contribution in [1.29, 1.82) is 5.41 Å². The van der Waals surface area contributed by atoms with E-state index < -0.39 is 11.4 Å². The zero-order valence-electron chi connectivity index (χ0n) is 14.3. The molecule has 0 saturated heterocycles. The third kappa shape index (κ3) is 3.61. The first-order chi connectivity index (χ1) is 11.9. The van der Waals surface area contributed by atoms with Crippen LogP contribution in [0.4, 0.5) is 0 Å². The van der Waals surface area contributed by atoms with E-state index in [4.69, 9.17) is 11.1 Å². The van der Waals surface area contributed by atoms with Gasteiger partial charge in [-0.25, -0.2) is 0 Å². The van der Waals surface area contributed by atoms with E-state index in [-0.39, 0.29) is 6.04 Å². The van der Waals surface area contributed by atoms with Gasteiger partial charge in [-0.15, -0.1) is 0 Å². The molecule has 25 heavy (non-hydrogen) atoms. The Labute approximate surface area is 147 Å². The summed E-state index contributed by atoms with van der Waals surface area (Å²) in [5.74, 6) is -0.811. The van der Waals surface area contributed by atoms with Crippen LogP contribution in [0.3, 0.4) is 0 Å². The fraction of sp³-hybridized carbons (Fsp3) is 0.350. The molecule has 130 valence electrons. The Morgan fingerprint density at radius 2 is 2.00 bits per heavy atom. The van der Waals surface area contributed by atoms with E-state index in [1.54, 1.807) is 6.08 Å². The lowest BCUT2D eigenvalue weighted by Gasteiger charge is -2.30. The molecule has 0 aliphatic heterocycles. The molecule has 1 aromatic heterocycles. The second kappa shape index (κ2) is 6.76. The van der Waals surface area contributed by atoms with Gasteiger partial charge in [0.05, 0.1) is 16.6 Å². The van der Waals surface area contributed by atoms with Crippen molar-refractivity contribution in [1.82, 2.24) is 4.98 Å². The monoisotopic (exact) mass is 337 g/mol. The number of aromatic nitrogens is 1. The van der Waals surface area contributed by atoms with Crippen molar-refractivity contribution in [3.8, 4) is 0 Å². The highest BCUT2D eigenvalue weighted by Gasteiger charge is 2.38. The Kier molecular flexibility index (Phi) is 4.68. The van der Waals surface area contributed by atoms with Crippen molar-refractivity contribution in [2.75, 3.05) is 0 Å². The SMILES string of the molecule is C[C@@H](N)c1ccc2ccc(/C=C/C3(C(=O)O)CCC(=N)CC3)cc2n1. The molecule has 1 aliphatic rings. The number of carboxylic acid groups (broad SMARTS) is 1. The van der Waals surface area contributed by atoms with Crippen LogP contribution in [0.1, 0.15) is 49.9 Å². The minimum atomic E-state index is -0.874. The minimum absolute atomic E-state index is 0.128. The standard InChI is InChI=1S/C20H23N3O2/c1-13(21)17-5-4-15-3-2-14(12-18(15)23-17)6-9-20(19(24)25)10-7-16(22)8-11-20/h2-6,9,12-13,22H,7-8,10-11,21H2,1H3,(H,24,25)/b9-6+,22-16?/t13-,20?/m1/s1. The molecule has 0 spiro atoms. The van der Waals surface area contributed by atoms with Gasteiger partial charge in [0.25, 0.3) is 0 Å². The molecule has 0 bridgehead atoms. The fourth-order valence-corrected chi connectivity index (χ4v) is 3.21. The van der Waals surface area contributed by atoms with Crippen molar-refractivity contribution in [3.05, 3.63) is 47.7 Å². The normalized spacial score (nSPS) is 22.4. The number of rotatable bonds is 4. The van der Waals surface area contributed by atoms with Crippen LogP contribution in [-0.2, 0) is 4.79 Å². The lowest BCUT2D eigenvalue weighted by Crippen LogP contribution is -2.33. The summed E-state index contributed by atoms with van der Waals surface area (Å²) in [6.45, 7) is 1.90. The number of benzene rings is 1. The summed E-state index contributed by atoms with van der Waals surface area (Å²) in [7, 11) is 0. The van der Waals surface area contributed by atoms with E-state index in [9.17, 15) is 9.90 Å². The first-order valence-electron chi connectivity index (χ1n) is 8.55. The topological polar surface area (TPSA) is 100 Å². The molecule has 0 radical (unpaired) electrons. The number of hydrogen-bond acceptors (Lipinski definition) is 4. The van der Waals surface area contributed by atoms with Gasteiger partial charge in [0.15, 0.2) is 0 Å². The second-order valence-corrected chi connectivity index (χ2v) is 6.88. The Balaban J connectivity index is 1.91. The van der Waals surface area contributed by atoms with Crippen LogP contribution in [0.25, 0.3) is 17.0 Å². The van der Waals surface area contributed by atoms with Crippen LogP contribution in [0.5, 0.6) is 0 Å². The van der Waals surface area contributed by atoms with Gasteiger partial charge in [-0.3, -0.25) is 9.78 Å². The highest BCUT2D eigenvalue weighted by Crippen LogP contribution is 2.37. The zero-order chi connectivity index (χ0) is 18.0. The number of fused-ring (bicyclic) bond motifs is 1. The maximum atomic E-state index is 11.8. The quantitative estimate of drug-likeness (QED) is 0.787. The molecule has 1 heterocycles. The first kappa shape index (κ1) is 17.3. The summed E-state index contributed by atoms with van der Waals surface area (Å²) in [5, 5.41) is 18.4. The lowest BCUT2D eigenvalue weighted by molar-refractivity contribution is -0.146. The van der Waals surface area contributed by atoms with Gasteiger partial charge >= 0.3 is 5.97 Å². The number of aliphatic carboxylic acids is 1. The Morgan fingerprint density at radius 3 is 2.64 bits per heavy atom. The van der Waals surface area contributed by atoms with Gasteiger partial charge in [-0.05, 0) is 50.3 Å². The van der Waals surface area contributed by atoms with Crippen molar-refractivity contribution in [2.45, 2.75) is 38.6 Å². The summed E-state index contributed by atoms with van der Waals surface area (Å²) in [6, 6.07) is 9.71. The summed E-state index contributed by atoms with van der Waals surface area (Å²) in [6.07, 6.45) is 5.72. The average Bonchev–Trinajstić information content (AvgIpc) is 2.60. The van der Waals surface area contributed by atoms with Gasteiger partial charge in [0, 0.05) is 17.1 Å². The van der Waals surface area contributed by atoms with Crippen LogP contribution in [0, 0.1) is 10.8 Å². The third-order valence-electron chi connectivity index (χ3n) is 4.97. The van der Waals surface area contributed by atoms with Gasteiger partial charge in [0.1, 0.15) is 0 Å². The lowest BCUT2D eigenvalue weighted by atomic mass is 9.73. The number of hydrogen-bond donors (Lipinski definition) is 3. The van der Waals surface area contributed by atoms with Gasteiger partial charge in [-0.2, -0.15) is 0 Å². The van der Waals surface area contributed by atoms with Crippen LogP contribution in [-0.4, -0.2) is 21.8 Å². The molecular formula is C20H23N3O2. The van der Waals surface area contributed by atoms with Crippen molar-refractivity contribution >= 4 is 28.7 Å². The second-order valence-electron chi connectivity index (χ2n) is 6.88. The molecule has 1 aromatic carbocycles. The number of nitrogens with zero attached hydrogens (tertiary/aromatic N) is 1. The summed E-state index contributed by atoms with van der Waals surface area (Å²) in [4.78, 5) is 16.4. The molecule has 5 nitrogen and oxygen atoms in total. The maximum Gasteiger partial charge on any atom is 0.313 e. The van der Waals surface area contributed by atoms with E-state index in [1.807, 2.05) is 43.3 Å². The minimum Gasteiger partial charge on any atom is -0.481 e. The maximum absolute atomic E-state index is 11.8. The molecule has 0 unspecified atom stereocenters. The predicted octanol–water partition coefficient (Wildman–Crippen LogP) is 3.93. The number of nitrogens with one attached hydrogen (secondary N) is 1. The zero-order valence-corrected chi connectivity index (χ0v) is 14.3. The predicted molar refractivity (Wildman–Crippen MR) is 99.6 cm³/mol. The van der Waals surface area contributed by atoms with Crippen molar-refractivity contribution < 1.29 is 9.90 Å². The summed E-state index contributed by atoms with van der Waals surface area (Å²) < 4.78 is 0. The molecule has 1 saturated carbocycles. The van der Waals surface area contributed by atoms with Crippen LogP contribution in [0.2, 0.25) is 0 Å². The first-order valence-corrected chi connectivity index (χ1v) is 8.55. The van der Waals surface area contributed by atoms with E-state index in [1.165, 1.54) is 0 Å². The Bertz CT molecular complexity index is 845. The number of carboxylic acids is 1. The van der Waals surface area contributed by atoms with Crippen LogP contribution in [0.15, 0.2) is 36.4 Å².